The van der Waals surface area contributed by atoms with Gasteiger partial charge in [0.2, 0.25) is 0 Å². The molecule has 0 unspecified atom stereocenters. The Morgan fingerprint density at radius 1 is 1.33 bits per heavy atom. The molecule has 0 atom stereocenters. The number of hydrogen-bond donors (Lipinski definition) is 0. The highest BCUT2D eigenvalue weighted by molar-refractivity contribution is 4.65. The van der Waals surface area contributed by atoms with Crippen LogP contribution in [0, 0.1) is 0 Å². The Morgan fingerprint density at radius 2 is 1.83 bits per heavy atom. The van der Waals surface area contributed by atoms with Gasteiger partial charge in [-0.2, -0.15) is 0 Å². The van der Waals surface area contributed by atoms with Crippen LogP contribution in [0.15, 0.2) is 0 Å². The van der Waals surface area contributed by atoms with E-state index >= 15 is 0 Å². The first-order valence-corrected chi connectivity index (χ1v) is 2.23. The normalized spacial score (nSPS) is 22.5. The fraction of sp³-hybridized carbons (Fsp3) is 1.00. The van der Waals surface area contributed by atoms with Gasteiger partial charge in [0, 0.05) is 27.2 Å². The summed E-state index contributed by atoms with van der Waals surface area (Å²) in [4.78, 5) is 0. The van der Waals surface area contributed by atoms with Gasteiger partial charge in [-0.05, 0) is 0 Å². The molecule has 1 heterocycles. The Labute approximate surface area is 38.3 Å². The van der Waals surface area contributed by atoms with Gasteiger partial charge < -0.3 is 0 Å². The third kappa shape index (κ3) is 0.698. The number of hydrazine groups is 1. The predicted molar refractivity (Wildman–Crippen MR) is 25.3 cm³/mol. The zero-order valence-corrected chi connectivity index (χ0v) is 4.31. The summed E-state index contributed by atoms with van der Waals surface area (Å²) in [5.41, 5.74) is 0. The van der Waals surface area contributed by atoms with Crippen LogP contribution < -0.4 is 0 Å². The summed E-state index contributed by atoms with van der Waals surface area (Å²) >= 11 is 0. The van der Waals surface area contributed by atoms with E-state index in [1.54, 1.807) is 0 Å². The van der Waals surface area contributed by atoms with E-state index in [1.807, 2.05) is 0 Å². The van der Waals surface area contributed by atoms with Crippen LogP contribution in [0.1, 0.15) is 0 Å². The Bertz CT molecular complexity index is 47.5. The molecular weight excluding hydrogens is 76.1 g/mol. The van der Waals surface area contributed by atoms with Gasteiger partial charge in [-0.25, -0.2) is 10.0 Å². The zero-order chi connectivity index (χ0) is 4.57. The highest BCUT2D eigenvalue weighted by Gasteiger charge is 2.17. The summed E-state index contributed by atoms with van der Waals surface area (Å²) in [6, 6.07) is 0. The summed E-state index contributed by atoms with van der Waals surface area (Å²) in [5.74, 6) is 0. The van der Waals surface area contributed by atoms with Crippen LogP contribution >= 0.6 is 0 Å². The predicted octanol–water partition coefficient (Wildman–Crippen LogP) is -0.221. The Hall–Kier alpha value is -0.0800. The van der Waals surface area contributed by atoms with E-state index < -0.39 is 0 Å². The molecule has 36 valence electrons. The van der Waals surface area contributed by atoms with Crippen molar-refractivity contribution in [1.29, 1.82) is 0 Å². The van der Waals surface area contributed by atoms with Crippen LogP contribution in [0.4, 0.5) is 0 Å². The van der Waals surface area contributed by atoms with E-state index in [2.05, 4.69) is 24.1 Å². The van der Waals surface area contributed by atoms with E-state index in [9.17, 15) is 0 Å². The van der Waals surface area contributed by atoms with Gasteiger partial charge in [-0.1, -0.05) is 0 Å². The van der Waals surface area contributed by atoms with Crippen LogP contribution in [0.5, 0.6) is 0 Å². The lowest BCUT2D eigenvalue weighted by Gasteiger charge is -2.06. The lowest BCUT2D eigenvalue weighted by molar-refractivity contribution is 0.168. The molecule has 1 rings (SSSR count). The minimum atomic E-state index is 1.26. The summed E-state index contributed by atoms with van der Waals surface area (Å²) < 4.78 is 0. The molecule has 0 aromatic rings. The molecule has 2 nitrogen and oxygen atoms in total. The monoisotopic (exact) mass is 86.1 g/mol. The van der Waals surface area contributed by atoms with Gasteiger partial charge >= 0.3 is 0 Å². The smallest absolute Gasteiger partial charge is 0.0275 e. The average Bonchev–Trinajstić information content (AvgIpc) is 2.06. The third-order valence-electron chi connectivity index (χ3n) is 0.989. The molecule has 2 heteroatoms. The quantitative estimate of drug-likeness (QED) is 0.407. The number of hydrogen-bond acceptors (Lipinski definition) is 2. The summed E-state index contributed by atoms with van der Waals surface area (Å²) in [6.45, 7) is 2.51. The van der Waals surface area contributed by atoms with Crippen LogP contribution in [-0.4, -0.2) is 37.2 Å². The van der Waals surface area contributed by atoms with Crippen molar-refractivity contribution >= 4 is 0 Å². The Kier molecular flexibility index (Phi) is 0.821. The SMILES string of the molecule is CN(C)N1CC1. The van der Waals surface area contributed by atoms with Gasteiger partial charge in [0.1, 0.15) is 0 Å². The maximum atomic E-state index is 2.25. The van der Waals surface area contributed by atoms with Crippen LogP contribution in [0.2, 0.25) is 0 Å². The van der Waals surface area contributed by atoms with Crippen molar-refractivity contribution in [3.05, 3.63) is 0 Å². The molecule has 0 aromatic heterocycles. The number of nitrogens with zero attached hydrogens (tertiary/aromatic N) is 2. The van der Waals surface area contributed by atoms with Crippen molar-refractivity contribution in [2.24, 2.45) is 0 Å². The highest BCUT2D eigenvalue weighted by Crippen LogP contribution is 2.02. The second-order valence-electron chi connectivity index (χ2n) is 1.80. The van der Waals surface area contributed by atoms with Crippen molar-refractivity contribution in [2.75, 3.05) is 27.2 Å². The van der Waals surface area contributed by atoms with Crippen molar-refractivity contribution in [3.8, 4) is 0 Å². The fourth-order valence-corrected chi connectivity index (χ4v) is 0.445. The molecule has 0 radical (unpaired) electrons. The molecule has 6 heavy (non-hydrogen) atoms. The summed E-state index contributed by atoms with van der Waals surface area (Å²) in [7, 11) is 4.12. The molecule has 0 bridgehead atoms. The van der Waals surface area contributed by atoms with Gasteiger partial charge in [-0.3, -0.25) is 0 Å². The van der Waals surface area contributed by atoms with Gasteiger partial charge in [0.05, 0.1) is 0 Å². The molecule has 1 saturated heterocycles. The summed E-state index contributed by atoms with van der Waals surface area (Å²) in [5, 5.41) is 4.36. The minimum absolute atomic E-state index is 1.26. The average molecular weight is 86.1 g/mol. The third-order valence-corrected chi connectivity index (χ3v) is 0.989. The Balaban J connectivity index is 2.13. The molecule has 0 aromatic carbocycles. The molecule has 0 amide bonds. The first-order valence-electron chi connectivity index (χ1n) is 2.23. The van der Waals surface area contributed by atoms with Crippen molar-refractivity contribution < 1.29 is 0 Å². The molecule has 1 fully saturated rings. The fourth-order valence-electron chi connectivity index (χ4n) is 0.445. The molecule has 0 spiro atoms. The molecule has 0 N–H and O–H groups in total. The van der Waals surface area contributed by atoms with E-state index in [0.29, 0.717) is 0 Å². The minimum Gasteiger partial charge on any atom is -0.248 e. The van der Waals surface area contributed by atoms with Crippen LogP contribution in [-0.2, 0) is 0 Å². The van der Waals surface area contributed by atoms with E-state index in [0.717, 1.165) is 0 Å². The summed E-state index contributed by atoms with van der Waals surface area (Å²) in [6.07, 6.45) is 0. The largest absolute Gasteiger partial charge is 0.248 e. The second kappa shape index (κ2) is 1.21. The zero-order valence-electron chi connectivity index (χ0n) is 4.31. The topological polar surface area (TPSA) is 6.25 Å². The number of rotatable bonds is 1. The lowest BCUT2D eigenvalue weighted by Crippen LogP contribution is -2.18. The van der Waals surface area contributed by atoms with Crippen molar-refractivity contribution in [3.63, 3.8) is 0 Å². The maximum Gasteiger partial charge on any atom is 0.0275 e. The highest BCUT2D eigenvalue weighted by atomic mass is 15.7. The van der Waals surface area contributed by atoms with E-state index in [1.165, 1.54) is 13.1 Å². The maximum absolute atomic E-state index is 2.25. The molecular formula is C4H10N2. The van der Waals surface area contributed by atoms with Crippen LogP contribution in [0.3, 0.4) is 0 Å². The first kappa shape index (κ1) is 4.09. The van der Waals surface area contributed by atoms with Crippen molar-refractivity contribution in [1.82, 2.24) is 10.0 Å². The molecule has 1 aliphatic heterocycles. The van der Waals surface area contributed by atoms with E-state index in [4.69, 9.17) is 0 Å². The van der Waals surface area contributed by atoms with Gasteiger partial charge in [0.15, 0.2) is 0 Å². The molecule has 0 aliphatic carbocycles. The first-order chi connectivity index (χ1) is 2.80. The lowest BCUT2D eigenvalue weighted by atomic mass is 11.0. The van der Waals surface area contributed by atoms with E-state index in [-0.39, 0.29) is 0 Å². The van der Waals surface area contributed by atoms with Crippen molar-refractivity contribution in [2.45, 2.75) is 0 Å². The van der Waals surface area contributed by atoms with Crippen LogP contribution in [0.25, 0.3) is 0 Å². The van der Waals surface area contributed by atoms with Gasteiger partial charge in [0.25, 0.3) is 0 Å². The standard InChI is InChI=1S/C4H10N2/c1-5(2)6-3-4-6/h3-4H2,1-2H3. The second-order valence-corrected chi connectivity index (χ2v) is 1.80. The Morgan fingerprint density at radius 3 is 1.83 bits per heavy atom. The molecule has 0 saturated carbocycles. The van der Waals surface area contributed by atoms with Gasteiger partial charge in [-0.15, -0.1) is 0 Å². The molecule has 1 aliphatic rings.